The lowest BCUT2D eigenvalue weighted by Crippen LogP contribution is -2.31. The van der Waals surface area contributed by atoms with Crippen molar-refractivity contribution in [3.8, 4) is 0 Å². The average Bonchev–Trinajstić information content (AvgIpc) is 3.25. The number of aromatic nitrogens is 2. The van der Waals surface area contributed by atoms with Crippen molar-refractivity contribution >= 4 is 21.8 Å². The molecule has 6 nitrogen and oxygen atoms in total. The summed E-state index contributed by atoms with van der Waals surface area (Å²) in [6.45, 7) is 8.42. The summed E-state index contributed by atoms with van der Waals surface area (Å²) in [6.07, 6.45) is 2.84. The van der Waals surface area contributed by atoms with Gasteiger partial charge in [0.25, 0.3) is 5.91 Å². The lowest BCUT2D eigenvalue weighted by Gasteiger charge is -2.17. The number of amides is 1. The molecule has 1 saturated heterocycles. The maximum Gasteiger partial charge on any atom is 0.270 e. The van der Waals surface area contributed by atoms with E-state index in [1.54, 1.807) is 0 Å². The first-order valence-corrected chi connectivity index (χ1v) is 8.97. The molecule has 0 aromatic carbocycles. The van der Waals surface area contributed by atoms with Gasteiger partial charge in [0.1, 0.15) is 11.5 Å². The van der Waals surface area contributed by atoms with Crippen LogP contribution in [0.1, 0.15) is 40.9 Å². The average molecular weight is 396 g/mol. The Morgan fingerprint density at radius 3 is 2.96 bits per heavy atom. The summed E-state index contributed by atoms with van der Waals surface area (Å²) >= 11 is 3.44. The minimum absolute atomic E-state index is 0.0520. The maximum absolute atomic E-state index is 12.7. The van der Waals surface area contributed by atoms with Crippen LogP contribution in [0.25, 0.3) is 0 Å². The van der Waals surface area contributed by atoms with Crippen LogP contribution in [0.5, 0.6) is 0 Å². The fourth-order valence-corrected chi connectivity index (χ4v) is 3.50. The van der Waals surface area contributed by atoms with Crippen molar-refractivity contribution in [1.82, 2.24) is 14.6 Å². The third kappa shape index (κ3) is 3.42. The third-order valence-electron chi connectivity index (χ3n) is 4.50. The van der Waals surface area contributed by atoms with Crippen molar-refractivity contribution in [3.05, 3.63) is 39.4 Å². The molecule has 0 N–H and O–H groups in total. The van der Waals surface area contributed by atoms with Crippen molar-refractivity contribution in [2.75, 3.05) is 13.1 Å². The Hall–Kier alpha value is -1.60. The Morgan fingerprint density at radius 2 is 2.29 bits per heavy atom. The summed E-state index contributed by atoms with van der Waals surface area (Å²) in [5.74, 6) is 0.857. The van der Waals surface area contributed by atoms with E-state index in [1.165, 1.54) is 0 Å². The molecule has 1 aliphatic rings. The Labute approximate surface area is 149 Å². The lowest BCUT2D eigenvalue weighted by molar-refractivity contribution is 0.0428. The van der Waals surface area contributed by atoms with Gasteiger partial charge in [-0.3, -0.25) is 4.79 Å². The number of aryl methyl sites for hydroxylation is 3. The first-order chi connectivity index (χ1) is 11.5. The fraction of sp³-hybridized carbons (Fsp3) is 0.529. The van der Waals surface area contributed by atoms with E-state index in [-0.39, 0.29) is 12.0 Å². The number of rotatable bonds is 5. The molecule has 3 heterocycles. The van der Waals surface area contributed by atoms with E-state index < -0.39 is 0 Å². The van der Waals surface area contributed by atoms with Gasteiger partial charge in [0, 0.05) is 35.9 Å². The van der Waals surface area contributed by atoms with E-state index in [9.17, 15) is 4.79 Å². The van der Waals surface area contributed by atoms with Gasteiger partial charge in [-0.15, -0.1) is 0 Å². The van der Waals surface area contributed by atoms with Crippen molar-refractivity contribution in [2.24, 2.45) is 0 Å². The topological polar surface area (TPSA) is 60.5 Å². The lowest BCUT2D eigenvalue weighted by atomic mass is 10.2. The van der Waals surface area contributed by atoms with Gasteiger partial charge >= 0.3 is 0 Å². The highest BCUT2D eigenvalue weighted by Gasteiger charge is 2.29. The Kier molecular flexibility index (Phi) is 5.10. The Bertz CT molecular complexity index is 718. The normalized spacial score (nSPS) is 17.7. The zero-order chi connectivity index (χ0) is 17.3. The molecular weight excluding hydrogens is 374 g/mol. The molecule has 1 atom stereocenters. The fourth-order valence-electron chi connectivity index (χ4n) is 3.04. The number of hydrogen-bond donors (Lipinski definition) is 0. The van der Waals surface area contributed by atoms with E-state index in [0.717, 1.165) is 46.7 Å². The number of halogens is 1. The van der Waals surface area contributed by atoms with Gasteiger partial charge in [-0.2, -0.15) is 0 Å². The van der Waals surface area contributed by atoms with Gasteiger partial charge < -0.3 is 18.7 Å². The van der Waals surface area contributed by atoms with E-state index in [4.69, 9.17) is 9.26 Å². The van der Waals surface area contributed by atoms with Crippen molar-refractivity contribution in [3.63, 3.8) is 0 Å². The molecule has 1 amide bonds. The molecule has 0 aliphatic carbocycles. The van der Waals surface area contributed by atoms with Crippen LogP contribution >= 0.6 is 15.9 Å². The largest absolute Gasteiger partial charge is 0.371 e. The van der Waals surface area contributed by atoms with Crippen molar-refractivity contribution in [1.29, 1.82) is 0 Å². The summed E-state index contributed by atoms with van der Waals surface area (Å²) < 4.78 is 14.0. The number of carbonyl (C=O) groups excluding carboxylic acids is 1. The molecule has 0 saturated carbocycles. The highest BCUT2D eigenvalue weighted by molar-refractivity contribution is 9.10. The van der Waals surface area contributed by atoms with Crippen LogP contribution in [0.15, 0.2) is 21.3 Å². The number of ether oxygens (including phenoxy) is 1. The maximum atomic E-state index is 12.7. The van der Waals surface area contributed by atoms with Crippen LogP contribution in [-0.4, -0.2) is 39.7 Å². The summed E-state index contributed by atoms with van der Waals surface area (Å²) in [4.78, 5) is 14.6. The molecule has 130 valence electrons. The van der Waals surface area contributed by atoms with Crippen LogP contribution in [0.2, 0.25) is 0 Å². The minimum atomic E-state index is 0.0520. The summed E-state index contributed by atoms with van der Waals surface area (Å²) in [7, 11) is 0. The first-order valence-electron chi connectivity index (χ1n) is 8.18. The van der Waals surface area contributed by atoms with Gasteiger partial charge in [-0.1, -0.05) is 5.16 Å². The van der Waals surface area contributed by atoms with Crippen molar-refractivity contribution < 1.29 is 14.1 Å². The second kappa shape index (κ2) is 7.11. The number of nitrogens with zero attached hydrogens (tertiary/aromatic N) is 3. The molecule has 0 spiro atoms. The molecule has 1 fully saturated rings. The van der Waals surface area contributed by atoms with E-state index in [1.807, 2.05) is 42.5 Å². The summed E-state index contributed by atoms with van der Waals surface area (Å²) in [5, 5.41) is 3.94. The van der Waals surface area contributed by atoms with E-state index >= 15 is 0 Å². The highest BCUT2D eigenvalue weighted by Crippen LogP contribution is 2.22. The number of hydrogen-bond acceptors (Lipinski definition) is 4. The van der Waals surface area contributed by atoms with Gasteiger partial charge in [-0.05, 0) is 49.2 Å². The minimum Gasteiger partial charge on any atom is -0.371 e. The van der Waals surface area contributed by atoms with Gasteiger partial charge in [0.15, 0.2) is 0 Å². The molecule has 1 unspecified atom stereocenters. The quantitative estimate of drug-likeness (QED) is 0.778. The first kappa shape index (κ1) is 17.2. The van der Waals surface area contributed by atoms with Crippen molar-refractivity contribution in [2.45, 2.75) is 46.4 Å². The standard InChI is InChI=1S/C17H22BrN3O3/c1-4-20-8-13(18)7-16(20)17(22)21-6-5-14(9-21)23-10-15-11(2)19-24-12(15)3/h7-8,14H,4-6,9-10H2,1-3H3. The van der Waals surface area contributed by atoms with E-state index in [0.29, 0.717) is 13.2 Å². The van der Waals surface area contributed by atoms with Crippen LogP contribution in [0.4, 0.5) is 0 Å². The smallest absolute Gasteiger partial charge is 0.270 e. The zero-order valence-corrected chi connectivity index (χ0v) is 15.8. The molecule has 0 radical (unpaired) electrons. The molecule has 2 aromatic heterocycles. The number of likely N-dealkylation sites (tertiary alicyclic amines) is 1. The Morgan fingerprint density at radius 1 is 1.50 bits per heavy atom. The second-order valence-corrected chi connectivity index (χ2v) is 7.02. The molecule has 1 aliphatic heterocycles. The third-order valence-corrected chi connectivity index (χ3v) is 4.93. The van der Waals surface area contributed by atoms with E-state index in [2.05, 4.69) is 21.1 Å². The SMILES string of the molecule is CCn1cc(Br)cc1C(=O)N1CCC(OCc2c(C)noc2C)C1. The van der Waals surface area contributed by atoms with Crippen LogP contribution in [-0.2, 0) is 17.9 Å². The van der Waals surface area contributed by atoms with Crippen LogP contribution in [0, 0.1) is 13.8 Å². The highest BCUT2D eigenvalue weighted by atomic mass is 79.9. The predicted octanol–water partition coefficient (Wildman–Crippen LogP) is 3.31. The summed E-state index contributed by atoms with van der Waals surface area (Å²) in [5.41, 5.74) is 2.59. The molecule has 0 bridgehead atoms. The van der Waals surface area contributed by atoms with Gasteiger partial charge in [0.2, 0.25) is 0 Å². The molecule has 2 aromatic rings. The Balaban J connectivity index is 1.60. The van der Waals surface area contributed by atoms with Crippen LogP contribution < -0.4 is 0 Å². The van der Waals surface area contributed by atoms with Gasteiger partial charge in [-0.25, -0.2) is 0 Å². The van der Waals surface area contributed by atoms with Crippen LogP contribution in [0.3, 0.4) is 0 Å². The van der Waals surface area contributed by atoms with Gasteiger partial charge in [0.05, 0.1) is 18.4 Å². The predicted molar refractivity (Wildman–Crippen MR) is 92.9 cm³/mol. The zero-order valence-electron chi connectivity index (χ0n) is 14.2. The second-order valence-electron chi connectivity index (χ2n) is 6.11. The molecule has 3 rings (SSSR count). The molecule has 7 heteroatoms. The summed E-state index contributed by atoms with van der Waals surface area (Å²) in [6, 6.07) is 1.88. The molecular formula is C17H22BrN3O3. The number of carbonyl (C=O) groups is 1. The molecule has 24 heavy (non-hydrogen) atoms. The monoisotopic (exact) mass is 395 g/mol.